The quantitative estimate of drug-likeness (QED) is 0.683. The first kappa shape index (κ1) is 15.1. The van der Waals surface area contributed by atoms with Gasteiger partial charge in [-0.15, -0.1) is 15.5 Å². The van der Waals surface area contributed by atoms with Crippen molar-refractivity contribution >= 4 is 20.0 Å². The van der Waals surface area contributed by atoms with E-state index in [9.17, 15) is 32.7 Å². The van der Waals surface area contributed by atoms with Crippen molar-refractivity contribution in [2.24, 2.45) is 0 Å². The Morgan fingerprint density at radius 2 is 1.44 bits per heavy atom. The second-order valence-corrected chi connectivity index (χ2v) is 8.27. The number of halogens is 6. The molecule has 1 unspecified atom stereocenters. The van der Waals surface area contributed by atoms with Crippen LogP contribution in [0, 0.1) is 5.82 Å². The molecular weight excluding hydrogens is 310 g/mol. The maximum atomic E-state index is 13.3. The van der Waals surface area contributed by atoms with Gasteiger partial charge in [0, 0.05) is 0 Å². The summed E-state index contributed by atoms with van der Waals surface area (Å²) in [5, 5.41) is 0. The summed E-state index contributed by atoms with van der Waals surface area (Å²) >= 11 is 0. The van der Waals surface area contributed by atoms with Crippen LogP contribution in [0.5, 0.6) is 0 Å². The third-order valence-corrected chi connectivity index (χ3v) is 6.28. The molecular formula is C7H6F6O3S2. The highest BCUT2D eigenvalue weighted by molar-refractivity contribution is 8.53. The molecule has 0 aromatic heterocycles. The normalized spacial score (nSPS) is 18.8. The first-order valence-corrected chi connectivity index (χ1v) is 7.65. The summed E-state index contributed by atoms with van der Waals surface area (Å²) in [5.41, 5.74) is 0. The van der Waals surface area contributed by atoms with Crippen molar-refractivity contribution in [3.8, 4) is 0 Å². The minimum absolute atomic E-state index is 0.144. The van der Waals surface area contributed by atoms with Crippen LogP contribution >= 0.6 is 9.84 Å². The van der Waals surface area contributed by atoms with Crippen LogP contribution in [0.4, 0.5) is 24.3 Å². The Morgan fingerprint density at radius 3 is 1.78 bits per heavy atom. The van der Waals surface area contributed by atoms with Crippen molar-refractivity contribution in [1.82, 2.24) is 0 Å². The zero-order valence-corrected chi connectivity index (χ0v) is 9.87. The Hall–Kier alpha value is -0.940. The van der Waals surface area contributed by atoms with E-state index < -0.39 is 35.5 Å². The Balaban J connectivity index is 3.61. The second-order valence-electron chi connectivity index (χ2n) is 3.38. The molecule has 0 radical (unpaired) electrons. The first-order chi connectivity index (χ1) is 7.68. The Bertz CT molecular complexity index is 575. The van der Waals surface area contributed by atoms with E-state index in [1.165, 1.54) is 0 Å². The van der Waals surface area contributed by atoms with E-state index in [1.807, 2.05) is 0 Å². The average molecular weight is 316 g/mol. The maximum absolute atomic E-state index is 13.3. The highest BCUT2D eigenvalue weighted by Gasteiger charge is 2.76. The zero-order chi connectivity index (χ0) is 14.5. The van der Waals surface area contributed by atoms with Crippen molar-refractivity contribution in [2.75, 3.05) is 0 Å². The van der Waals surface area contributed by atoms with Crippen LogP contribution in [0.2, 0.25) is 0 Å². The number of alkyl halides is 1. The van der Waals surface area contributed by atoms with Gasteiger partial charge in [-0.25, -0.2) is 8.78 Å². The summed E-state index contributed by atoms with van der Waals surface area (Å²) < 4.78 is 107. The van der Waals surface area contributed by atoms with Gasteiger partial charge in [-0.05, 0) is 24.3 Å². The fraction of sp³-hybridized carbons (Fsp3) is 0.143. The van der Waals surface area contributed by atoms with E-state index in [4.69, 9.17) is 4.55 Å². The largest absolute Gasteiger partial charge is 0.336 e. The second kappa shape index (κ2) is 3.33. The summed E-state index contributed by atoms with van der Waals surface area (Å²) in [6, 6.07) is 0.0814. The zero-order valence-electron chi connectivity index (χ0n) is 8.23. The van der Waals surface area contributed by atoms with Gasteiger partial charge in [0.25, 0.3) is 0 Å². The van der Waals surface area contributed by atoms with Crippen LogP contribution < -0.4 is 0 Å². The van der Waals surface area contributed by atoms with E-state index >= 15 is 0 Å². The van der Waals surface area contributed by atoms with Gasteiger partial charge in [0.15, 0.2) is 0 Å². The Labute approximate surface area is 97.6 Å². The van der Waals surface area contributed by atoms with Gasteiger partial charge >= 0.3 is 15.0 Å². The smallest absolute Gasteiger partial charge is 0.282 e. The lowest BCUT2D eigenvalue weighted by Crippen LogP contribution is -2.33. The van der Waals surface area contributed by atoms with Crippen LogP contribution in [0.15, 0.2) is 29.2 Å². The lowest BCUT2D eigenvalue weighted by atomic mass is 10.4. The fourth-order valence-corrected chi connectivity index (χ4v) is 4.28. The summed E-state index contributed by atoms with van der Waals surface area (Å²) in [6.45, 7) is 0. The number of rotatable bonds is 3. The standard InChI is InChI=1S/C7H6F6O3S2/c8-5-1-3-6(4-2-5)18(10,11,12,13)7(9)17(14,15)16/h1-4,7H,(H,14,15,16). The molecule has 1 N–H and O–H groups in total. The predicted octanol–water partition coefficient (Wildman–Crippen LogP) is 3.74. The minimum Gasteiger partial charge on any atom is -0.282 e. The lowest BCUT2D eigenvalue weighted by molar-refractivity contribution is 0.349. The molecule has 0 aliphatic heterocycles. The van der Waals surface area contributed by atoms with Crippen LogP contribution in [0.25, 0.3) is 0 Å². The monoisotopic (exact) mass is 316 g/mol. The average Bonchev–Trinajstić information content (AvgIpc) is 2.14. The predicted molar refractivity (Wildman–Crippen MR) is 53.1 cm³/mol. The van der Waals surface area contributed by atoms with Crippen molar-refractivity contribution in [1.29, 1.82) is 0 Å². The van der Waals surface area contributed by atoms with Crippen LogP contribution in [-0.2, 0) is 10.1 Å². The van der Waals surface area contributed by atoms with E-state index in [-0.39, 0.29) is 24.3 Å². The Kier molecular flexibility index (Phi) is 2.80. The van der Waals surface area contributed by atoms with Crippen LogP contribution in [0.1, 0.15) is 0 Å². The van der Waals surface area contributed by atoms with Gasteiger partial charge in [0.05, 0.1) is 4.90 Å². The molecule has 18 heavy (non-hydrogen) atoms. The van der Waals surface area contributed by atoms with Crippen molar-refractivity contribution in [3.05, 3.63) is 30.1 Å². The molecule has 0 bridgehead atoms. The molecule has 0 saturated carbocycles. The molecule has 0 saturated heterocycles. The molecule has 1 aromatic carbocycles. The molecule has 1 aromatic rings. The highest BCUT2D eigenvalue weighted by atomic mass is 32.5. The highest BCUT2D eigenvalue weighted by Crippen LogP contribution is 3.03. The van der Waals surface area contributed by atoms with Gasteiger partial charge in [-0.1, -0.05) is 0 Å². The topological polar surface area (TPSA) is 54.4 Å². The molecule has 0 amide bonds. The molecule has 1 atom stereocenters. The summed E-state index contributed by atoms with van der Waals surface area (Å²) in [6.07, 6.45) is 0. The number of hydrogen-bond donors (Lipinski definition) is 1. The molecule has 3 nitrogen and oxygen atoms in total. The number of benzene rings is 1. The van der Waals surface area contributed by atoms with E-state index in [0.29, 0.717) is 0 Å². The Morgan fingerprint density at radius 1 is 1.06 bits per heavy atom. The molecule has 106 valence electrons. The molecule has 0 heterocycles. The SMILES string of the molecule is O=S(=O)(O)C(F)S(F)(F)(F)(F)c1ccc(F)cc1. The molecule has 0 aliphatic carbocycles. The van der Waals surface area contributed by atoms with Gasteiger partial charge in [-0.2, -0.15) is 8.42 Å². The summed E-state index contributed by atoms with van der Waals surface area (Å²) in [5.74, 6) is -1.16. The van der Waals surface area contributed by atoms with Crippen LogP contribution in [-0.4, -0.2) is 17.8 Å². The third-order valence-electron chi connectivity index (χ3n) is 1.91. The lowest BCUT2D eigenvalue weighted by Gasteiger charge is -2.50. The van der Waals surface area contributed by atoms with Gasteiger partial charge < -0.3 is 0 Å². The molecule has 0 aliphatic rings. The van der Waals surface area contributed by atoms with E-state index in [0.717, 1.165) is 0 Å². The van der Waals surface area contributed by atoms with Crippen molar-refractivity contribution < 1.29 is 37.3 Å². The fourth-order valence-electron chi connectivity index (χ4n) is 1.07. The third kappa shape index (κ3) is 2.42. The van der Waals surface area contributed by atoms with E-state index in [1.54, 1.807) is 0 Å². The molecule has 0 fully saturated rings. The van der Waals surface area contributed by atoms with E-state index in [2.05, 4.69) is 0 Å². The first-order valence-electron chi connectivity index (χ1n) is 4.04. The maximum Gasteiger partial charge on any atom is 0.336 e. The van der Waals surface area contributed by atoms with Crippen molar-refractivity contribution in [3.63, 3.8) is 0 Å². The minimum atomic E-state index is -9.94. The van der Waals surface area contributed by atoms with Gasteiger partial charge in [0.2, 0.25) is 9.84 Å². The molecule has 0 spiro atoms. The van der Waals surface area contributed by atoms with Crippen molar-refractivity contribution in [2.45, 2.75) is 9.73 Å². The summed E-state index contributed by atoms with van der Waals surface area (Å²) in [4.78, 5) is -7.40. The van der Waals surface area contributed by atoms with Crippen LogP contribution in [0.3, 0.4) is 0 Å². The van der Waals surface area contributed by atoms with Gasteiger partial charge in [0.1, 0.15) is 5.82 Å². The van der Waals surface area contributed by atoms with Gasteiger partial charge in [-0.3, -0.25) is 4.55 Å². The summed E-state index contributed by atoms with van der Waals surface area (Å²) in [7, 11) is -16.3. The number of hydrogen-bond acceptors (Lipinski definition) is 2. The molecule has 1 rings (SSSR count). The molecule has 11 heteroatoms.